The number of hydrogen-bond acceptors (Lipinski definition) is 4. The topological polar surface area (TPSA) is 93.0 Å². The van der Waals surface area contributed by atoms with E-state index in [4.69, 9.17) is 11.6 Å². The molecule has 0 spiro atoms. The van der Waals surface area contributed by atoms with E-state index in [-0.39, 0.29) is 11.8 Å². The number of piperidine rings is 1. The van der Waals surface area contributed by atoms with Crippen LogP contribution in [0.5, 0.6) is 0 Å². The van der Waals surface area contributed by atoms with Crippen molar-refractivity contribution in [1.82, 2.24) is 24.0 Å². The number of aromatic amines is 1. The van der Waals surface area contributed by atoms with Gasteiger partial charge in [0.15, 0.2) is 5.65 Å². The number of nitrogens with zero attached hydrogens (tertiary/aromatic N) is 4. The number of aryl methyl sites for hydroxylation is 1. The van der Waals surface area contributed by atoms with Gasteiger partial charge in [0.1, 0.15) is 11.3 Å². The number of carbonyl (C=O) groups excluding carboxylic acids is 1. The summed E-state index contributed by atoms with van der Waals surface area (Å²) in [6, 6.07) is 7.26. The Balaban J connectivity index is 1.55. The molecule has 0 saturated carbocycles. The van der Waals surface area contributed by atoms with Gasteiger partial charge in [-0.3, -0.25) is 18.7 Å². The molecule has 1 unspecified atom stereocenters. The van der Waals surface area contributed by atoms with Crippen molar-refractivity contribution in [2.75, 3.05) is 13.1 Å². The Morgan fingerprint density at radius 2 is 1.93 bits per heavy atom. The number of fused-ring (bicyclic) bond motifs is 1. The molecule has 30 heavy (non-hydrogen) atoms. The van der Waals surface area contributed by atoms with Crippen LogP contribution in [0.25, 0.3) is 17.2 Å². The summed E-state index contributed by atoms with van der Waals surface area (Å²) in [6.07, 6.45) is 5.00. The molecular weight excluding hydrogens is 406 g/mol. The van der Waals surface area contributed by atoms with Crippen molar-refractivity contribution in [3.8, 4) is 0 Å². The first-order valence-electron chi connectivity index (χ1n) is 9.73. The molecule has 2 aromatic heterocycles. The van der Waals surface area contributed by atoms with Gasteiger partial charge >= 0.3 is 5.69 Å². The van der Waals surface area contributed by atoms with Crippen molar-refractivity contribution in [2.45, 2.75) is 18.8 Å². The second kappa shape index (κ2) is 7.95. The highest BCUT2D eigenvalue weighted by Crippen LogP contribution is 2.26. The van der Waals surface area contributed by atoms with Crippen molar-refractivity contribution in [1.29, 1.82) is 0 Å². The number of benzene rings is 1. The van der Waals surface area contributed by atoms with Crippen LogP contribution >= 0.6 is 11.6 Å². The van der Waals surface area contributed by atoms with Gasteiger partial charge in [-0.2, -0.15) is 0 Å². The van der Waals surface area contributed by atoms with Crippen LogP contribution in [0, 0.1) is 0 Å². The molecule has 1 fully saturated rings. The Bertz CT molecular complexity index is 1250. The predicted octanol–water partition coefficient (Wildman–Crippen LogP) is 2.03. The normalized spacial score (nSPS) is 17.2. The molecule has 3 aromatic rings. The molecule has 1 atom stereocenters. The van der Waals surface area contributed by atoms with Gasteiger partial charge in [-0.15, -0.1) is 0 Å². The van der Waals surface area contributed by atoms with Crippen LogP contribution in [0.1, 0.15) is 30.1 Å². The lowest BCUT2D eigenvalue weighted by molar-refractivity contribution is -0.127. The molecule has 1 aliphatic rings. The minimum atomic E-state index is -0.418. The Morgan fingerprint density at radius 3 is 2.67 bits per heavy atom. The first-order valence-corrected chi connectivity index (χ1v) is 10.1. The van der Waals surface area contributed by atoms with Crippen LogP contribution in [0.3, 0.4) is 0 Å². The number of likely N-dealkylation sites (tertiary alicyclic amines) is 1. The molecular formula is C21H22ClN5O3. The van der Waals surface area contributed by atoms with Gasteiger partial charge in [0.2, 0.25) is 5.91 Å². The molecule has 0 aliphatic carbocycles. The van der Waals surface area contributed by atoms with E-state index in [2.05, 4.69) is 9.97 Å². The number of carbonyl (C=O) groups is 1. The van der Waals surface area contributed by atoms with Crippen molar-refractivity contribution < 1.29 is 4.79 Å². The zero-order valence-electron chi connectivity index (χ0n) is 16.8. The van der Waals surface area contributed by atoms with E-state index in [9.17, 15) is 14.4 Å². The second-order valence-corrected chi connectivity index (χ2v) is 7.97. The molecule has 1 amide bonds. The van der Waals surface area contributed by atoms with Gasteiger partial charge < -0.3 is 9.88 Å². The highest BCUT2D eigenvalue weighted by Gasteiger charge is 2.27. The first-order chi connectivity index (χ1) is 14.3. The summed E-state index contributed by atoms with van der Waals surface area (Å²) >= 11 is 5.89. The van der Waals surface area contributed by atoms with Gasteiger partial charge in [0.25, 0.3) is 5.56 Å². The number of amides is 1. The summed E-state index contributed by atoms with van der Waals surface area (Å²) in [5.41, 5.74) is 0.722. The quantitative estimate of drug-likeness (QED) is 0.647. The Morgan fingerprint density at radius 1 is 1.20 bits per heavy atom. The van der Waals surface area contributed by atoms with Crippen LogP contribution in [-0.2, 0) is 18.9 Å². The molecule has 156 valence electrons. The molecule has 1 saturated heterocycles. The summed E-state index contributed by atoms with van der Waals surface area (Å²) in [4.78, 5) is 46.6. The smallest absolute Gasteiger partial charge is 0.332 e. The number of hydrogen-bond donors (Lipinski definition) is 1. The van der Waals surface area contributed by atoms with E-state index in [1.807, 2.05) is 12.1 Å². The molecule has 3 heterocycles. The maximum Gasteiger partial charge on any atom is 0.332 e. The van der Waals surface area contributed by atoms with E-state index in [0.29, 0.717) is 35.1 Å². The minimum absolute atomic E-state index is 0.0289. The van der Waals surface area contributed by atoms with E-state index in [0.717, 1.165) is 23.0 Å². The van der Waals surface area contributed by atoms with E-state index < -0.39 is 11.2 Å². The number of H-pyrrole nitrogens is 1. The van der Waals surface area contributed by atoms with E-state index in [1.54, 1.807) is 36.2 Å². The Labute approximate surface area is 177 Å². The number of aromatic nitrogens is 4. The zero-order valence-corrected chi connectivity index (χ0v) is 17.5. The van der Waals surface area contributed by atoms with Gasteiger partial charge in [0.05, 0.1) is 0 Å². The van der Waals surface area contributed by atoms with E-state index in [1.165, 1.54) is 11.6 Å². The number of rotatable bonds is 3. The number of nitrogens with one attached hydrogen (secondary N) is 1. The van der Waals surface area contributed by atoms with Gasteiger partial charge in [-0.25, -0.2) is 9.78 Å². The van der Waals surface area contributed by atoms with Crippen LogP contribution in [-0.4, -0.2) is 43.0 Å². The number of imidazole rings is 1. The molecule has 1 N–H and O–H groups in total. The lowest BCUT2D eigenvalue weighted by atomic mass is 9.97. The summed E-state index contributed by atoms with van der Waals surface area (Å²) in [7, 11) is 3.03. The maximum absolute atomic E-state index is 12.7. The van der Waals surface area contributed by atoms with Crippen LogP contribution < -0.4 is 11.2 Å². The Kier molecular flexibility index (Phi) is 5.34. The summed E-state index contributed by atoms with van der Waals surface area (Å²) in [5.74, 6) is 0.524. The third kappa shape index (κ3) is 3.70. The van der Waals surface area contributed by atoms with Crippen LogP contribution in [0.2, 0.25) is 5.02 Å². The fourth-order valence-corrected chi connectivity index (χ4v) is 3.91. The molecule has 0 radical (unpaired) electrons. The zero-order chi connectivity index (χ0) is 21.4. The van der Waals surface area contributed by atoms with Crippen molar-refractivity contribution in [3.05, 3.63) is 67.6 Å². The van der Waals surface area contributed by atoms with Crippen molar-refractivity contribution in [3.63, 3.8) is 0 Å². The fourth-order valence-electron chi connectivity index (χ4n) is 3.78. The summed E-state index contributed by atoms with van der Waals surface area (Å²) < 4.78 is 2.42. The second-order valence-electron chi connectivity index (χ2n) is 7.53. The first kappa shape index (κ1) is 20.2. The minimum Gasteiger partial charge on any atom is -0.338 e. The standard InChI is InChI=1S/C21H22ClN5O3/c1-25-19-17(20(29)26(2)21(25)30)23-18(24-19)14-4-3-11-27(12-14)16(28)10-7-13-5-8-15(22)9-6-13/h5-10,14H,3-4,11-12H2,1-2H3,(H,23,24)/b10-7+. The molecule has 1 aromatic carbocycles. The third-order valence-electron chi connectivity index (χ3n) is 5.52. The lowest BCUT2D eigenvalue weighted by Crippen LogP contribution is -2.38. The van der Waals surface area contributed by atoms with Crippen molar-refractivity contribution >= 4 is 34.7 Å². The lowest BCUT2D eigenvalue weighted by Gasteiger charge is -2.31. The highest BCUT2D eigenvalue weighted by molar-refractivity contribution is 6.30. The average molecular weight is 428 g/mol. The molecule has 8 nitrogen and oxygen atoms in total. The maximum atomic E-state index is 12.7. The largest absolute Gasteiger partial charge is 0.338 e. The summed E-state index contributed by atoms with van der Waals surface area (Å²) in [6.45, 7) is 1.17. The van der Waals surface area contributed by atoms with Gasteiger partial charge in [-0.05, 0) is 36.6 Å². The van der Waals surface area contributed by atoms with Crippen LogP contribution in [0.4, 0.5) is 0 Å². The molecule has 0 bridgehead atoms. The predicted molar refractivity (Wildman–Crippen MR) is 116 cm³/mol. The monoisotopic (exact) mass is 427 g/mol. The van der Waals surface area contributed by atoms with Crippen LogP contribution in [0.15, 0.2) is 39.9 Å². The molecule has 4 rings (SSSR count). The molecule has 9 heteroatoms. The van der Waals surface area contributed by atoms with E-state index >= 15 is 0 Å². The average Bonchev–Trinajstić information content (AvgIpc) is 3.21. The SMILES string of the molecule is Cn1c(=O)c2[nH]c(C3CCCN(C(=O)/C=C/c4ccc(Cl)cc4)C3)nc2n(C)c1=O. The molecule has 1 aliphatic heterocycles. The third-order valence-corrected chi connectivity index (χ3v) is 5.77. The Hall–Kier alpha value is -3.13. The highest BCUT2D eigenvalue weighted by atomic mass is 35.5. The van der Waals surface area contributed by atoms with Crippen molar-refractivity contribution in [2.24, 2.45) is 14.1 Å². The fraction of sp³-hybridized carbons (Fsp3) is 0.333. The van der Waals surface area contributed by atoms with Gasteiger partial charge in [0, 0.05) is 44.2 Å². The summed E-state index contributed by atoms with van der Waals surface area (Å²) in [5, 5.41) is 0.649. The van der Waals surface area contributed by atoms with Gasteiger partial charge in [-0.1, -0.05) is 23.7 Å². The number of halogens is 1.